The third-order valence-electron chi connectivity index (χ3n) is 9.59. The Morgan fingerprint density at radius 3 is 1.31 bits per heavy atom. The van der Waals surface area contributed by atoms with E-state index in [1.165, 1.54) is 42.8 Å². The number of aromatic nitrogens is 1. The van der Waals surface area contributed by atoms with Crippen LogP contribution < -0.4 is 0 Å². The summed E-state index contributed by atoms with van der Waals surface area (Å²) >= 11 is 1.55. The van der Waals surface area contributed by atoms with Gasteiger partial charge in [-0.3, -0.25) is 8.42 Å². The maximum Gasteiger partial charge on any atom is 0.125 e. The Bertz CT molecular complexity index is 1520. The van der Waals surface area contributed by atoms with Gasteiger partial charge in [0.05, 0.1) is 4.75 Å². The van der Waals surface area contributed by atoms with Crippen LogP contribution >= 0.6 is 11.3 Å². The molecule has 9 heteroatoms. The van der Waals surface area contributed by atoms with E-state index in [2.05, 4.69) is 4.98 Å². The van der Waals surface area contributed by atoms with Gasteiger partial charge in [0.1, 0.15) is 27.2 Å². The number of benzene rings is 3. The Balaban J connectivity index is 0.000000178. The number of thiazole rings is 1. The monoisotopic (exact) mass is 671 g/mol. The van der Waals surface area contributed by atoms with E-state index in [9.17, 15) is 21.6 Å². The molecule has 0 N–H and O–H groups in total. The minimum absolute atomic E-state index is 0.212. The molecule has 1 aromatic heterocycles. The zero-order valence-electron chi connectivity index (χ0n) is 25.7. The molecule has 0 bridgehead atoms. The normalized spacial score (nSPS) is 18.9. The Morgan fingerprint density at radius 1 is 0.600 bits per heavy atom. The molecule has 45 heavy (non-hydrogen) atoms. The van der Waals surface area contributed by atoms with E-state index in [-0.39, 0.29) is 23.4 Å². The number of rotatable bonds is 8. The van der Waals surface area contributed by atoms with Gasteiger partial charge < -0.3 is 0 Å². The second-order valence-corrected chi connectivity index (χ2v) is 16.1. The highest BCUT2D eigenvalue weighted by atomic mass is 32.2. The molecule has 4 aromatic rings. The van der Waals surface area contributed by atoms with Gasteiger partial charge in [-0.1, -0.05) is 68.5 Å². The van der Waals surface area contributed by atoms with Gasteiger partial charge in [0.2, 0.25) is 0 Å². The fraction of sp³-hybridized carbons (Fsp3) is 0.417. The first kappa shape index (κ1) is 33.7. The summed E-state index contributed by atoms with van der Waals surface area (Å²) in [7, 11) is -2.33. The molecule has 2 aliphatic carbocycles. The summed E-state index contributed by atoms with van der Waals surface area (Å²) in [6.45, 7) is 0. The van der Waals surface area contributed by atoms with Crippen molar-refractivity contribution in [1.82, 2.24) is 4.98 Å². The van der Waals surface area contributed by atoms with Crippen LogP contribution in [0, 0.1) is 29.3 Å². The first-order chi connectivity index (χ1) is 21.7. The Kier molecular flexibility index (Phi) is 11.1. The molecule has 3 unspecified atom stereocenters. The van der Waals surface area contributed by atoms with E-state index >= 15 is 0 Å². The summed E-state index contributed by atoms with van der Waals surface area (Å²) in [4.78, 5) is 4.52. The van der Waals surface area contributed by atoms with Crippen molar-refractivity contribution in [2.24, 2.45) is 11.8 Å². The Morgan fingerprint density at radius 2 is 0.956 bits per heavy atom. The van der Waals surface area contributed by atoms with Crippen LogP contribution in [-0.4, -0.2) is 25.9 Å². The van der Waals surface area contributed by atoms with Crippen LogP contribution in [0.2, 0.25) is 0 Å². The molecule has 240 valence electrons. The predicted octanol–water partition coefficient (Wildman–Crippen LogP) is 9.26. The maximum absolute atomic E-state index is 13.4. The van der Waals surface area contributed by atoms with Crippen molar-refractivity contribution in [2.45, 2.75) is 67.3 Å². The molecule has 0 spiro atoms. The summed E-state index contributed by atoms with van der Waals surface area (Å²) in [6, 6.07) is 19.0. The highest BCUT2D eigenvalue weighted by Gasteiger charge is 2.48. The number of nitrogens with zero attached hydrogens (tertiary/aromatic N) is 1. The fourth-order valence-electron chi connectivity index (χ4n) is 7.60. The zero-order chi connectivity index (χ0) is 32.0. The first-order valence-electron chi connectivity index (χ1n) is 15.6. The molecule has 2 fully saturated rings. The van der Waals surface area contributed by atoms with Gasteiger partial charge >= 0.3 is 0 Å². The molecular weight excluding hydrogens is 632 g/mol. The standard InChI is InChI=1S/C19H20F2OS.C17H20FNOS2/c1-23(22)19(14-4-2-3-5-14,15-6-10-17(20)11-7-15)16-8-12-18(21)13-9-16;1-22(20)17(16-19-11-12-21-16,13-5-3-2-4-6-13)14-7-9-15(18)10-8-14/h6-14H,2-5H2,1H3;7-13H,2-6H2,1H3. The van der Waals surface area contributed by atoms with Gasteiger partial charge in [-0.15, -0.1) is 11.3 Å². The summed E-state index contributed by atoms with van der Waals surface area (Å²) < 4.78 is 64.7. The Labute approximate surface area is 273 Å². The SMILES string of the molecule is CS(=O)C(c1ccc(F)cc1)(c1ccc(F)cc1)C1CCCC1.CS(=O)C(c1ccc(F)cc1)(c1nccs1)C1CCCCC1. The van der Waals surface area contributed by atoms with Crippen molar-refractivity contribution >= 4 is 32.9 Å². The molecule has 0 amide bonds. The molecule has 6 rings (SSSR count). The van der Waals surface area contributed by atoms with Gasteiger partial charge in [-0.05, 0) is 90.6 Å². The second-order valence-electron chi connectivity index (χ2n) is 12.1. The van der Waals surface area contributed by atoms with E-state index in [4.69, 9.17) is 0 Å². The highest BCUT2D eigenvalue weighted by molar-refractivity contribution is 7.85. The van der Waals surface area contributed by atoms with Crippen molar-refractivity contribution < 1.29 is 21.6 Å². The van der Waals surface area contributed by atoms with Gasteiger partial charge in [0.15, 0.2) is 0 Å². The van der Waals surface area contributed by atoms with Crippen molar-refractivity contribution in [2.75, 3.05) is 12.5 Å². The molecule has 0 saturated heterocycles. The van der Waals surface area contributed by atoms with Crippen molar-refractivity contribution in [3.8, 4) is 0 Å². The van der Waals surface area contributed by atoms with E-state index < -0.39 is 31.1 Å². The van der Waals surface area contributed by atoms with E-state index in [1.807, 2.05) is 5.38 Å². The quantitative estimate of drug-likeness (QED) is 0.188. The van der Waals surface area contributed by atoms with E-state index in [0.29, 0.717) is 5.92 Å². The predicted molar refractivity (Wildman–Crippen MR) is 180 cm³/mol. The Hall–Kier alpha value is -2.62. The van der Waals surface area contributed by atoms with Crippen LogP contribution in [0.5, 0.6) is 0 Å². The maximum atomic E-state index is 13.4. The molecule has 0 radical (unpaired) electrons. The van der Waals surface area contributed by atoms with Gasteiger partial charge in [-0.2, -0.15) is 0 Å². The van der Waals surface area contributed by atoms with Crippen molar-refractivity contribution in [3.63, 3.8) is 0 Å². The average Bonchev–Trinajstić information content (AvgIpc) is 3.77. The van der Waals surface area contributed by atoms with Crippen molar-refractivity contribution in [1.29, 1.82) is 0 Å². The lowest BCUT2D eigenvalue weighted by Crippen LogP contribution is -2.41. The molecular formula is C36H40F3NO2S3. The minimum atomic E-state index is -1.21. The lowest BCUT2D eigenvalue weighted by atomic mass is 9.76. The van der Waals surface area contributed by atoms with Crippen LogP contribution in [0.25, 0.3) is 0 Å². The lowest BCUT2D eigenvalue weighted by molar-refractivity contribution is 0.302. The summed E-state index contributed by atoms with van der Waals surface area (Å²) in [5, 5.41) is 2.83. The highest BCUT2D eigenvalue weighted by Crippen LogP contribution is 2.50. The second kappa shape index (κ2) is 14.9. The van der Waals surface area contributed by atoms with Crippen LogP contribution in [0.1, 0.15) is 79.5 Å². The van der Waals surface area contributed by atoms with E-state index in [1.54, 1.807) is 66.4 Å². The topological polar surface area (TPSA) is 47.0 Å². The average molecular weight is 672 g/mol. The van der Waals surface area contributed by atoms with Gasteiger partial charge in [-0.25, -0.2) is 18.2 Å². The molecule has 3 aromatic carbocycles. The molecule has 3 nitrogen and oxygen atoms in total. The molecule has 3 atom stereocenters. The molecule has 0 aliphatic heterocycles. The molecule has 2 aliphatic rings. The third-order valence-corrected chi connectivity index (χ3v) is 14.0. The summed E-state index contributed by atoms with van der Waals surface area (Å²) in [5.41, 5.74) is 2.62. The van der Waals surface area contributed by atoms with Crippen LogP contribution in [0.3, 0.4) is 0 Å². The number of hydrogen-bond acceptors (Lipinski definition) is 4. The molecule has 1 heterocycles. The van der Waals surface area contributed by atoms with Crippen LogP contribution in [0.15, 0.2) is 84.4 Å². The van der Waals surface area contributed by atoms with E-state index in [0.717, 1.165) is 73.1 Å². The summed E-state index contributed by atoms with van der Waals surface area (Å²) in [5.74, 6) is -0.375. The zero-order valence-corrected chi connectivity index (χ0v) is 28.2. The van der Waals surface area contributed by atoms with Crippen LogP contribution in [0.4, 0.5) is 13.2 Å². The van der Waals surface area contributed by atoms with Gasteiger partial charge in [0, 0.05) is 45.7 Å². The minimum Gasteiger partial charge on any atom is -0.259 e. The smallest absolute Gasteiger partial charge is 0.125 e. The number of halogens is 3. The van der Waals surface area contributed by atoms with Crippen molar-refractivity contribution in [3.05, 3.63) is 124 Å². The molecule has 2 saturated carbocycles. The van der Waals surface area contributed by atoms with Gasteiger partial charge in [0.25, 0.3) is 0 Å². The van der Waals surface area contributed by atoms with Crippen LogP contribution in [-0.2, 0) is 31.1 Å². The number of hydrogen-bond donors (Lipinski definition) is 0. The first-order valence-corrected chi connectivity index (χ1v) is 19.6. The summed E-state index contributed by atoms with van der Waals surface area (Å²) in [6.07, 6.45) is 15.1. The lowest BCUT2D eigenvalue weighted by Gasteiger charge is -2.40. The largest absolute Gasteiger partial charge is 0.259 e. The fourth-order valence-corrected chi connectivity index (χ4v) is 12.0. The third kappa shape index (κ3) is 6.77.